The monoisotopic (exact) mass is 255 g/mol. The van der Waals surface area contributed by atoms with E-state index >= 15 is 0 Å². The smallest absolute Gasteiger partial charge is 0.123 e. The maximum absolute atomic E-state index is 5.79. The highest BCUT2D eigenvalue weighted by Gasteiger charge is 2.09. The molecule has 0 saturated carbocycles. The van der Waals surface area contributed by atoms with Crippen molar-refractivity contribution in [1.82, 2.24) is 0 Å². The largest absolute Gasteiger partial charge is 0.497 e. The molecule has 0 aromatic heterocycles. The Labute approximate surface area is 113 Å². The van der Waals surface area contributed by atoms with Crippen molar-refractivity contribution < 1.29 is 9.47 Å². The molecule has 3 rings (SSSR count). The molecule has 0 fully saturated rings. The third-order valence-electron chi connectivity index (χ3n) is 3.33. The van der Waals surface area contributed by atoms with E-state index in [9.17, 15) is 0 Å². The molecule has 0 aliphatic carbocycles. The second kappa shape index (κ2) is 5.22. The summed E-state index contributed by atoms with van der Waals surface area (Å²) < 4.78 is 11.0. The van der Waals surface area contributed by atoms with Gasteiger partial charge in [0.05, 0.1) is 7.11 Å². The Kier molecular flexibility index (Phi) is 3.27. The average Bonchev–Trinajstić information content (AvgIpc) is 2.93. The van der Waals surface area contributed by atoms with Gasteiger partial charge in [0, 0.05) is 18.3 Å². The SMILES string of the molecule is COc1cccc(OCc2ccc3c(c2)NCC3)c1. The summed E-state index contributed by atoms with van der Waals surface area (Å²) in [7, 11) is 1.66. The molecule has 1 aliphatic rings. The number of ether oxygens (including phenoxy) is 2. The van der Waals surface area contributed by atoms with E-state index in [1.807, 2.05) is 24.3 Å². The highest BCUT2D eigenvalue weighted by atomic mass is 16.5. The average molecular weight is 255 g/mol. The maximum atomic E-state index is 5.79. The van der Waals surface area contributed by atoms with Gasteiger partial charge in [0.1, 0.15) is 18.1 Å². The zero-order chi connectivity index (χ0) is 13.1. The van der Waals surface area contributed by atoms with E-state index in [1.54, 1.807) is 7.11 Å². The Bertz CT molecular complexity index is 581. The van der Waals surface area contributed by atoms with Crippen molar-refractivity contribution in [1.29, 1.82) is 0 Å². The van der Waals surface area contributed by atoms with Gasteiger partial charge in [0.15, 0.2) is 0 Å². The van der Waals surface area contributed by atoms with Gasteiger partial charge in [-0.05, 0) is 35.7 Å². The van der Waals surface area contributed by atoms with Crippen molar-refractivity contribution in [3.05, 3.63) is 53.6 Å². The van der Waals surface area contributed by atoms with Crippen molar-refractivity contribution in [2.75, 3.05) is 19.0 Å². The van der Waals surface area contributed by atoms with Crippen LogP contribution in [0.1, 0.15) is 11.1 Å². The van der Waals surface area contributed by atoms with Crippen molar-refractivity contribution in [3.63, 3.8) is 0 Å². The van der Waals surface area contributed by atoms with Crippen LogP contribution < -0.4 is 14.8 Å². The van der Waals surface area contributed by atoms with Crippen LogP contribution in [0.2, 0.25) is 0 Å². The van der Waals surface area contributed by atoms with E-state index in [0.29, 0.717) is 6.61 Å². The number of anilines is 1. The first-order valence-corrected chi connectivity index (χ1v) is 6.48. The summed E-state index contributed by atoms with van der Waals surface area (Å²) in [6, 6.07) is 14.2. The Morgan fingerprint density at radius 1 is 1.11 bits per heavy atom. The molecule has 0 amide bonds. The van der Waals surface area contributed by atoms with Crippen LogP contribution in [0, 0.1) is 0 Å². The molecule has 2 aromatic rings. The molecule has 0 atom stereocenters. The Morgan fingerprint density at radius 2 is 2.00 bits per heavy atom. The van der Waals surface area contributed by atoms with Crippen LogP contribution >= 0.6 is 0 Å². The highest BCUT2D eigenvalue weighted by Crippen LogP contribution is 2.24. The number of hydrogen-bond donors (Lipinski definition) is 1. The number of fused-ring (bicyclic) bond motifs is 1. The normalized spacial score (nSPS) is 12.7. The molecule has 0 saturated heterocycles. The van der Waals surface area contributed by atoms with Gasteiger partial charge in [-0.1, -0.05) is 18.2 Å². The van der Waals surface area contributed by atoms with Crippen LogP contribution in [0.3, 0.4) is 0 Å². The molecule has 1 N–H and O–H groups in total. The van der Waals surface area contributed by atoms with Gasteiger partial charge in [-0.2, -0.15) is 0 Å². The summed E-state index contributed by atoms with van der Waals surface area (Å²) in [5.41, 5.74) is 3.81. The van der Waals surface area contributed by atoms with Crippen LogP contribution in [0.15, 0.2) is 42.5 Å². The summed E-state index contributed by atoms with van der Waals surface area (Å²) >= 11 is 0. The fraction of sp³-hybridized carbons (Fsp3) is 0.250. The van der Waals surface area contributed by atoms with E-state index in [4.69, 9.17) is 9.47 Å². The van der Waals surface area contributed by atoms with Gasteiger partial charge in [-0.25, -0.2) is 0 Å². The Morgan fingerprint density at radius 3 is 2.89 bits per heavy atom. The fourth-order valence-electron chi connectivity index (χ4n) is 2.29. The molecule has 0 spiro atoms. The molecular weight excluding hydrogens is 238 g/mol. The van der Waals surface area contributed by atoms with Gasteiger partial charge < -0.3 is 14.8 Å². The third kappa shape index (κ3) is 2.65. The van der Waals surface area contributed by atoms with Crippen molar-refractivity contribution in [2.24, 2.45) is 0 Å². The number of nitrogens with one attached hydrogen (secondary N) is 1. The van der Waals surface area contributed by atoms with Gasteiger partial charge in [-0.15, -0.1) is 0 Å². The van der Waals surface area contributed by atoms with Gasteiger partial charge in [-0.3, -0.25) is 0 Å². The lowest BCUT2D eigenvalue weighted by Crippen LogP contribution is -1.97. The highest BCUT2D eigenvalue weighted by molar-refractivity contribution is 5.57. The lowest BCUT2D eigenvalue weighted by Gasteiger charge is -2.09. The second-order valence-corrected chi connectivity index (χ2v) is 4.64. The molecule has 0 radical (unpaired) electrons. The second-order valence-electron chi connectivity index (χ2n) is 4.64. The molecule has 0 bridgehead atoms. The molecule has 1 aliphatic heterocycles. The minimum Gasteiger partial charge on any atom is -0.497 e. The minimum atomic E-state index is 0.572. The van der Waals surface area contributed by atoms with Crippen LogP contribution in [0.5, 0.6) is 11.5 Å². The topological polar surface area (TPSA) is 30.5 Å². The van der Waals surface area contributed by atoms with Gasteiger partial charge in [0.25, 0.3) is 0 Å². The van der Waals surface area contributed by atoms with Crippen LogP contribution in [0.25, 0.3) is 0 Å². The lowest BCUT2D eigenvalue weighted by molar-refractivity contribution is 0.303. The summed E-state index contributed by atoms with van der Waals surface area (Å²) in [4.78, 5) is 0. The van der Waals surface area contributed by atoms with Crippen LogP contribution in [0.4, 0.5) is 5.69 Å². The van der Waals surface area contributed by atoms with E-state index in [0.717, 1.165) is 24.5 Å². The molecular formula is C16H17NO2. The number of hydrogen-bond acceptors (Lipinski definition) is 3. The molecule has 3 heteroatoms. The maximum Gasteiger partial charge on any atom is 0.123 e. The molecule has 98 valence electrons. The number of methoxy groups -OCH3 is 1. The van der Waals surface area contributed by atoms with Gasteiger partial charge >= 0.3 is 0 Å². The Balaban J connectivity index is 1.68. The predicted molar refractivity (Wildman–Crippen MR) is 76.0 cm³/mol. The number of benzene rings is 2. The quantitative estimate of drug-likeness (QED) is 0.909. The minimum absolute atomic E-state index is 0.572. The molecule has 19 heavy (non-hydrogen) atoms. The van der Waals surface area contributed by atoms with E-state index in [2.05, 4.69) is 23.5 Å². The van der Waals surface area contributed by atoms with Crippen molar-refractivity contribution in [3.8, 4) is 11.5 Å². The fourth-order valence-corrected chi connectivity index (χ4v) is 2.29. The predicted octanol–water partition coefficient (Wildman–Crippen LogP) is 3.24. The van der Waals surface area contributed by atoms with Crippen LogP contribution in [-0.4, -0.2) is 13.7 Å². The summed E-state index contributed by atoms with van der Waals surface area (Å²) in [5.74, 6) is 1.64. The molecule has 0 unspecified atom stereocenters. The summed E-state index contributed by atoms with van der Waals surface area (Å²) in [6.07, 6.45) is 1.12. The zero-order valence-corrected chi connectivity index (χ0v) is 11.0. The first-order valence-electron chi connectivity index (χ1n) is 6.48. The van der Waals surface area contributed by atoms with Crippen molar-refractivity contribution >= 4 is 5.69 Å². The van der Waals surface area contributed by atoms with Crippen LogP contribution in [-0.2, 0) is 13.0 Å². The molecule has 1 heterocycles. The van der Waals surface area contributed by atoms with Crippen molar-refractivity contribution in [2.45, 2.75) is 13.0 Å². The first kappa shape index (κ1) is 11.9. The third-order valence-corrected chi connectivity index (χ3v) is 3.33. The van der Waals surface area contributed by atoms with E-state index in [1.165, 1.54) is 16.8 Å². The number of rotatable bonds is 4. The molecule has 2 aromatic carbocycles. The Hall–Kier alpha value is -2.16. The first-order chi connectivity index (χ1) is 9.35. The van der Waals surface area contributed by atoms with E-state index in [-0.39, 0.29) is 0 Å². The standard InChI is InChI=1S/C16H17NO2/c1-18-14-3-2-4-15(10-14)19-11-12-5-6-13-7-8-17-16(13)9-12/h2-6,9-10,17H,7-8,11H2,1H3. The summed E-state index contributed by atoms with van der Waals surface area (Å²) in [5, 5.41) is 3.38. The zero-order valence-electron chi connectivity index (χ0n) is 11.0. The van der Waals surface area contributed by atoms with Gasteiger partial charge in [0.2, 0.25) is 0 Å². The lowest BCUT2D eigenvalue weighted by atomic mass is 10.1. The van der Waals surface area contributed by atoms with E-state index < -0.39 is 0 Å². The summed E-state index contributed by atoms with van der Waals surface area (Å²) in [6.45, 7) is 1.61. The molecule has 3 nitrogen and oxygen atoms in total.